The predicted octanol–water partition coefficient (Wildman–Crippen LogP) is 2.02. The molecule has 0 saturated carbocycles. The van der Waals surface area contributed by atoms with Crippen LogP contribution in [0.3, 0.4) is 0 Å². The lowest BCUT2D eigenvalue weighted by Gasteiger charge is -2.05. The molecule has 1 aromatic rings. The Balaban J connectivity index is 2.69. The molecule has 0 aliphatic rings. The molecule has 0 amide bonds. The summed E-state index contributed by atoms with van der Waals surface area (Å²) in [4.78, 5) is 0. The Morgan fingerprint density at radius 1 is 1.50 bits per heavy atom. The third-order valence-electron chi connectivity index (χ3n) is 1.65. The lowest BCUT2D eigenvalue weighted by atomic mass is 10.2. The van der Waals surface area contributed by atoms with Gasteiger partial charge in [0.15, 0.2) is 0 Å². The van der Waals surface area contributed by atoms with E-state index < -0.39 is 0 Å². The van der Waals surface area contributed by atoms with E-state index in [4.69, 9.17) is 17.3 Å². The van der Waals surface area contributed by atoms with Crippen molar-refractivity contribution in [2.24, 2.45) is 5.73 Å². The van der Waals surface area contributed by atoms with Crippen molar-refractivity contribution in [3.8, 4) is 0 Å². The van der Waals surface area contributed by atoms with Crippen LogP contribution in [0.2, 0.25) is 5.02 Å². The number of hydrogen-bond donors (Lipinski definition) is 2. The molecule has 0 fully saturated rings. The van der Waals surface area contributed by atoms with Crippen LogP contribution in [0.25, 0.3) is 0 Å². The fraction of sp³-hybridized carbons (Fsp3) is 0.333. The number of aryl methyl sites for hydroxylation is 1. The second-order valence-corrected chi connectivity index (χ2v) is 3.09. The van der Waals surface area contributed by atoms with E-state index in [1.165, 1.54) is 0 Å². The average molecular weight is 185 g/mol. The smallest absolute Gasteiger partial charge is 0.0455 e. The summed E-state index contributed by atoms with van der Waals surface area (Å²) < 4.78 is 0. The summed E-state index contributed by atoms with van der Waals surface area (Å²) in [6, 6.07) is 5.89. The van der Waals surface area contributed by atoms with Crippen LogP contribution in [0.15, 0.2) is 18.2 Å². The molecule has 3 N–H and O–H groups in total. The second kappa shape index (κ2) is 4.33. The zero-order valence-corrected chi connectivity index (χ0v) is 7.86. The molecular weight excluding hydrogens is 172 g/mol. The Morgan fingerprint density at radius 3 is 2.83 bits per heavy atom. The van der Waals surface area contributed by atoms with Gasteiger partial charge >= 0.3 is 0 Å². The lowest BCUT2D eigenvalue weighted by molar-refractivity contribution is 1.02. The summed E-state index contributed by atoms with van der Waals surface area (Å²) in [6.45, 7) is 3.39. The summed E-state index contributed by atoms with van der Waals surface area (Å²) in [5, 5.41) is 3.94. The molecule has 0 aliphatic carbocycles. The van der Waals surface area contributed by atoms with E-state index in [0.717, 1.165) is 22.8 Å². The van der Waals surface area contributed by atoms with Gasteiger partial charge in [-0.2, -0.15) is 0 Å². The zero-order chi connectivity index (χ0) is 8.97. The van der Waals surface area contributed by atoms with E-state index in [1.807, 2.05) is 25.1 Å². The molecular formula is C9H13ClN2. The van der Waals surface area contributed by atoms with E-state index in [-0.39, 0.29) is 0 Å². The number of nitrogens with one attached hydrogen (secondary N) is 1. The van der Waals surface area contributed by atoms with E-state index in [1.54, 1.807) is 0 Å². The minimum absolute atomic E-state index is 0.630. The van der Waals surface area contributed by atoms with Crippen LogP contribution in [0, 0.1) is 6.92 Å². The third-order valence-corrected chi connectivity index (χ3v) is 2.05. The minimum Gasteiger partial charge on any atom is -0.384 e. The van der Waals surface area contributed by atoms with Crippen LogP contribution < -0.4 is 11.1 Å². The molecule has 0 aromatic heterocycles. The van der Waals surface area contributed by atoms with Gasteiger partial charge in [-0.05, 0) is 24.6 Å². The Kier molecular flexibility index (Phi) is 3.38. The quantitative estimate of drug-likeness (QED) is 0.755. The first-order valence-electron chi connectivity index (χ1n) is 3.94. The van der Waals surface area contributed by atoms with Gasteiger partial charge in [-0.25, -0.2) is 0 Å². The molecule has 1 rings (SSSR count). The highest BCUT2D eigenvalue weighted by molar-refractivity contribution is 6.31. The first kappa shape index (κ1) is 9.36. The number of nitrogens with two attached hydrogens (primary N) is 1. The van der Waals surface area contributed by atoms with Gasteiger partial charge in [-0.3, -0.25) is 0 Å². The molecule has 0 unspecified atom stereocenters. The maximum Gasteiger partial charge on any atom is 0.0455 e. The van der Waals surface area contributed by atoms with E-state index in [9.17, 15) is 0 Å². The fourth-order valence-electron chi connectivity index (χ4n) is 0.919. The highest BCUT2D eigenvalue weighted by Crippen LogP contribution is 2.19. The minimum atomic E-state index is 0.630. The average Bonchev–Trinajstić information content (AvgIpc) is 2.07. The highest BCUT2D eigenvalue weighted by atomic mass is 35.5. The standard InChI is InChI=1S/C9H13ClN2/c1-7-2-3-8(6-9(7)10)12-5-4-11/h2-3,6,12H,4-5,11H2,1H3. The molecule has 3 heteroatoms. The highest BCUT2D eigenvalue weighted by Gasteiger charge is 1.95. The largest absolute Gasteiger partial charge is 0.384 e. The summed E-state index contributed by atoms with van der Waals surface area (Å²) in [6.07, 6.45) is 0. The van der Waals surface area contributed by atoms with Crippen LogP contribution >= 0.6 is 11.6 Å². The molecule has 12 heavy (non-hydrogen) atoms. The van der Waals surface area contributed by atoms with Crippen LogP contribution in [-0.4, -0.2) is 13.1 Å². The monoisotopic (exact) mass is 184 g/mol. The molecule has 0 atom stereocenters. The van der Waals surface area contributed by atoms with Gasteiger partial charge in [0, 0.05) is 23.8 Å². The number of hydrogen-bond acceptors (Lipinski definition) is 2. The topological polar surface area (TPSA) is 38.0 Å². The molecule has 66 valence electrons. The normalized spacial score (nSPS) is 9.92. The predicted molar refractivity (Wildman–Crippen MR) is 53.7 cm³/mol. The first-order chi connectivity index (χ1) is 5.74. The number of benzene rings is 1. The van der Waals surface area contributed by atoms with Crippen LogP contribution in [-0.2, 0) is 0 Å². The fourth-order valence-corrected chi connectivity index (χ4v) is 1.10. The maximum absolute atomic E-state index is 5.92. The first-order valence-corrected chi connectivity index (χ1v) is 4.32. The SMILES string of the molecule is Cc1ccc(NCCN)cc1Cl. The van der Waals surface area contributed by atoms with Gasteiger partial charge in [0.25, 0.3) is 0 Å². The van der Waals surface area contributed by atoms with Crippen molar-refractivity contribution >= 4 is 17.3 Å². The van der Waals surface area contributed by atoms with Crippen LogP contribution in [0.5, 0.6) is 0 Å². The molecule has 0 bridgehead atoms. The molecule has 0 heterocycles. The van der Waals surface area contributed by atoms with Crippen molar-refractivity contribution in [3.05, 3.63) is 28.8 Å². The van der Waals surface area contributed by atoms with Crippen LogP contribution in [0.1, 0.15) is 5.56 Å². The number of anilines is 1. The Labute approximate surface area is 77.7 Å². The van der Waals surface area contributed by atoms with Crippen molar-refractivity contribution in [3.63, 3.8) is 0 Å². The zero-order valence-electron chi connectivity index (χ0n) is 7.10. The van der Waals surface area contributed by atoms with Gasteiger partial charge < -0.3 is 11.1 Å². The molecule has 2 nitrogen and oxygen atoms in total. The van der Waals surface area contributed by atoms with Gasteiger partial charge in [0.1, 0.15) is 0 Å². The molecule has 0 aliphatic heterocycles. The Bertz CT molecular complexity index is 261. The molecule has 0 radical (unpaired) electrons. The molecule has 1 aromatic carbocycles. The van der Waals surface area contributed by atoms with Crippen molar-refractivity contribution in [1.29, 1.82) is 0 Å². The van der Waals surface area contributed by atoms with Crippen LogP contribution in [0.4, 0.5) is 5.69 Å². The third kappa shape index (κ3) is 2.40. The van der Waals surface area contributed by atoms with E-state index in [2.05, 4.69) is 5.32 Å². The summed E-state index contributed by atoms with van der Waals surface area (Å²) in [5.74, 6) is 0. The van der Waals surface area contributed by atoms with Gasteiger partial charge in [-0.1, -0.05) is 17.7 Å². The molecule has 0 saturated heterocycles. The number of rotatable bonds is 3. The summed E-state index contributed by atoms with van der Waals surface area (Å²) in [7, 11) is 0. The Hall–Kier alpha value is -0.730. The molecule has 0 spiro atoms. The maximum atomic E-state index is 5.92. The second-order valence-electron chi connectivity index (χ2n) is 2.68. The lowest BCUT2D eigenvalue weighted by Crippen LogP contribution is -2.12. The van der Waals surface area contributed by atoms with Gasteiger partial charge in [0.05, 0.1) is 0 Å². The van der Waals surface area contributed by atoms with Crippen molar-refractivity contribution in [1.82, 2.24) is 0 Å². The Morgan fingerprint density at radius 2 is 2.25 bits per heavy atom. The van der Waals surface area contributed by atoms with Crippen molar-refractivity contribution in [2.75, 3.05) is 18.4 Å². The van der Waals surface area contributed by atoms with E-state index in [0.29, 0.717) is 6.54 Å². The summed E-state index contributed by atoms with van der Waals surface area (Å²) >= 11 is 5.92. The summed E-state index contributed by atoms with van der Waals surface area (Å²) in [5.41, 5.74) is 7.47. The van der Waals surface area contributed by atoms with Crippen molar-refractivity contribution in [2.45, 2.75) is 6.92 Å². The number of halogens is 1. The van der Waals surface area contributed by atoms with Crippen molar-refractivity contribution < 1.29 is 0 Å². The van der Waals surface area contributed by atoms with E-state index >= 15 is 0 Å². The van der Waals surface area contributed by atoms with Gasteiger partial charge in [0.2, 0.25) is 0 Å². The van der Waals surface area contributed by atoms with Gasteiger partial charge in [-0.15, -0.1) is 0 Å².